The summed E-state index contributed by atoms with van der Waals surface area (Å²) in [5.74, 6) is -0.00596. The molecule has 0 spiro atoms. The molecule has 1 aromatic carbocycles. The van der Waals surface area contributed by atoms with Gasteiger partial charge in [0.15, 0.2) is 0 Å². The Kier molecular flexibility index (Phi) is 6.38. The van der Waals surface area contributed by atoms with E-state index in [9.17, 15) is 13.2 Å². The van der Waals surface area contributed by atoms with Gasteiger partial charge in [0, 0.05) is 35.5 Å². The van der Waals surface area contributed by atoms with Crippen molar-refractivity contribution < 1.29 is 17.9 Å². The highest BCUT2D eigenvalue weighted by Gasteiger charge is 2.29. The first-order valence-corrected chi connectivity index (χ1v) is 12.4. The fraction of sp³-hybridized carbons (Fsp3) is 0.409. The molecule has 1 amide bonds. The molecule has 160 valence electrons. The van der Waals surface area contributed by atoms with Crippen molar-refractivity contribution in [2.45, 2.75) is 30.7 Å². The van der Waals surface area contributed by atoms with Crippen molar-refractivity contribution in [2.24, 2.45) is 0 Å². The molecule has 0 aliphatic carbocycles. The van der Waals surface area contributed by atoms with Crippen molar-refractivity contribution in [1.82, 2.24) is 9.21 Å². The highest BCUT2D eigenvalue weighted by atomic mass is 32.2. The van der Waals surface area contributed by atoms with E-state index < -0.39 is 10.0 Å². The number of aryl methyl sites for hydroxylation is 1. The molecule has 1 atom stereocenters. The van der Waals surface area contributed by atoms with Gasteiger partial charge in [0.25, 0.3) is 0 Å². The summed E-state index contributed by atoms with van der Waals surface area (Å²) in [7, 11) is -3.50. The number of nitrogens with zero attached hydrogens (tertiary/aromatic N) is 2. The number of carbonyl (C=O) groups excluding carboxylic acids is 1. The van der Waals surface area contributed by atoms with Crippen LogP contribution < -0.4 is 0 Å². The van der Waals surface area contributed by atoms with Gasteiger partial charge >= 0.3 is 0 Å². The van der Waals surface area contributed by atoms with Crippen LogP contribution in [0.3, 0.4) is 0 Å². The van der Waals surface area contributed by atoms with Gasteiger partial charge in [-0.25, -0.2) is 8.42 Å². The molecule has 0 N–H and O–H groups in total. The number of rotatable bonds is 5. The normalized spacial score (nSPS) is 20.8. The van der Waals surface area contributed by atoms with Crippen LogP contribution in [-0.4, -0.2) is 56.4 Å². The fourth-order valence-corrected chi connectivity index (χ4v) is 6.34. The molecule has 0 saturated carbocycles. The maximum Gasteiger partial charge on any atom is 0.247 e. The SMILES string of the molecule is Cc1ccc(C2CCCN2C(=O)/C=C/c2ccc(S(=O)(=O)N3CCOCC3)cc2)s1. The summed E-state index contributed by atoms with van der Waals surface area (Å²) in [5.41, 5.74) is 0.798. The topological polar surface area (TPSA) is 66.9 Å². The van der Waals surface area contributed by atoms with Crippen LogP contribution in [0.2, 0.25) is 0 Å². The third-order valence-corrected chi connectivity index (χ3v) is 8.55. The Bertz CT molecular complexity index is 1020. The van der Waals surface area contributed by atoms with Gasteiger partial charge < -0.3 is 9.64 Å². The number of amides is 1. The Morgan fingerprint density at radius 1 is 1.10 bits per heavy atom. The number of morpholine rings is 1. The largest absolute Gasteiger partial charge is 0.379 e. The van der Waals surface area contributed by atoms with Crippen LogP contribution in [0.4, 0.5) is 0 Å². The number of ether oxygens (including phenoxy) is 1. The molecule has 0 bridgehead atoms. The first-order chi connectivity index (χ1) is 14.4. The molecular weight excluding hydrogens is 420 g/mol. The van der Waals surface area contributed by atoms with Gasteiger partial charge in [0.1, 0.15) is 0 Å². The lowest BCUT2D eigenvalue weighted by Gasteiger charge is -2.26. The molecule has 4 rings (SSSR count). The molecule has 2 fully saturated rings. The second-order valence-electron chi connectivity index (χ2n) is 7.56. The van der Waals surface area contributed by atoms with Crippen molar-refractivity contribution in [3.8, 4) is 0 Å². The lowest BCUT2D eigenvalue weighted by molar-refractivity contribution is -0.126. The third kappa shape index (κ3) is 4.51. The Morgan fingerprint density at radius 2 is 1.83 bits per heavy atom. The summed E-state index contributed by atoms with van der Waals surface area (Å²) in [6.45, 7) is 4.44. The van der Waals surface area contributed by atoms with Gasteiger partial charge in [-0.15, -0.1) is 11.3 Å². The number of benzene rings is 1. The van der Waals surface area contributed by atoms with Gasteiger partial charge in [-0.2, -0.15) is 4.31 Å². The fourth-order valence-electron chi connectivity index (χ4n) is 3.91. The number of hydrogen-bond acceptors (Lipinski definition) is 5. The van der Waals surface area contributed by atoms with Gasteiger partial charge in [0.05, 0.1) is 24.2 Å². The average molecular weight is 447 g/mol. The van der Waals surface area contributed by atoms with Crippen LogP contribution in [0.5, 0.6) is 0 Å². The zero-order chi connectivity index (χ0) is 21.1. The Morgan fingerprint density at radius 3 is 2.50 bits per heavy atom. The van der Waals surface area contributed by atoms with Crippen molar-refractivity contribution in [2.75, 3.05) is 32.8 Å². The van der Waals surface area contributed by atoms with Gasteiger partial charge in [-0.05, 0) is 55.7 Å². The molecule has 2 saturated heterocycles. The van der Waals surface area contributed by atoms with E-state index >= 15 is 0 Å². The first-order valence-electron chi connectivity index (χ1n) is 10.2. The zero-order valence-electron chi connectivity index (χ0n) is 17.0. The van der Waals surface area contributed by atoms with E-state index in [4.69, 9.17) is 4.74 Å². The molecule has 3 heterocycles. The number of hydrogen-bond donors (Lipinski definition) is 0. The van der Waals surface area contributed by atoms with E-state index in [-0.39, 0.29) is 16.8 Å². The third-order valence-electron chi connectivity index (χ3n) is 5.53. The van der Waals surface area contributed by atoms with Crippen molar-refractivity contribution >= 4 is 33.3 Å². The monoisotopic (exact) mass is 446 g/mol. The second-order valence-corrected chi connectivity index (χ2v) is 10.8. The maximum atomic E-state index is 12.8. The Balaban J connectivity index is 1.43. The van der Waals surface area contributed by atoms with Gasteiger partial charge in [0.2, 0.25) is 15.9 Å². The summed E-state index contributed by atoms with van der Waals surface area (Å²) in [4.78, 5) is 17.5. The van der Waals surface area contributed by atoms with Gasteiger partial charge in [-0.3, -0.25) is 4.79 Å². The minimum absolute atomic E-state index is 0.00596. The molecule has 1 unspecified atom stereocenters. The second kappa shape index (κ2) is 9.01. The summed E-state index contributed by atoms with van der Waals surface area (Å²) in [6, 6.07) is 11.0. The van der Waals surface area contributed by atoms with Crippen molar-refractivity contribution in [3.05, 3.63) is 57.8 Å². The van der Waals surface area contributed by atoms with Gasteiger partial charge in [-0.1, -0.05) is 12.1 Å². The predicted molar refractivity (Wildman–Crippen MR) is 118 cm³/mol. The highest BCUT2D eigenvalue weighted by molar-refractivity contribution is 7.89. The minimum Gasteiger partial charge on any atom is -0.379 e. The van der Waals surface area contributed by atoms with Crippen molar-refractivity contribution in [1.29, 1.82) is 0 Å². The Labute approximate surface area is 181 Å². The number of carbonyl (C=O) groups is 1. The number of likely N-dealkylation sites (tertiary alicyclic amines) is 1. The van der Waals surface area contributed by atoms with E-state index in [1.165, 1.54) is 14.1 Å². The molecule has 8 heteroatoms. The molecule has 2 aliphatic rings. The summed E-state index contributed by atoms with van der Waals surface area (Å²) in [5, 5.41) is 0. The van der Waals surface area contributed by atoms with Crippen LogP contribution in [-0.2, 0) is 19.6 Å². The number of sulfonamides is 1. The predicted octanol–water partition coefficient (Wildman–Crippen LogP) is 3.45. The standard InChI is InChI=1S/C22H26N2O4S2/c1-17-4-10-21(29-17)20-3-2-12-24(20)22(25)11-7-18-5-8-19(9-6-18)30(26,27)23-13-15-28-16-14-23/h4-11,20H,2-3,12-16H2,1H3/b11-7+. The van der Waals surface area contributed by atoms with E-state index in [1.54, 1.807) is 47.8 Å². The molecule has 2 aromatic rings. The van der Waals surface area contributed by atoms with Crippen LogP contribution in [0.1, 0.15) is 34.2 Å². The lowest BCUT2D eigenvalue weighted by atomic mass is 10.1. The van der Waals surface area contributed by atoms with E-state index in [0.29, 0.717) is 26.3 Å². The minimum atomic E-state index is -3.50. The summed E-state index contributed by atoms with van der Waals surface area (Å²) < 4.78 is 32.1. The molecular formula is C22H26N2O4S2. The zero-order valence-corrected chi connectivity index (χ0v) is 18.6. The molecule has 30 heavy (non-hydrogen) atoms. The molecule has 2 aliphatic heterocycles. The number of thiophene rings is 1. The highest BCUT2D eigenvalue weighted by Crippen LogP contribution is 2.35. The van der Waals surface area contributed by atoms with E-state index in [0.717, 1.165) is 24.9 Å². The smallest absolute Gasteiger partial charge is 0.247 e. The quantitative estimate of drug-likeness (QED) is 0.660. The van der Waals surface area contributed by atoms with Crippen LogP contribution in [0.15, 0.2) is 47.4 Å². The summed E-state index contributed by atoms with van der Waals surface area (Å²) in [6.07, 6.45) is 5.34. The van der Waals surface area contributed by atoms with Crippen LogP contribution >= 0.6 is 11.3 Å². The average Bonchev–Trinajstić information content (AvgIpc) is 3.42. The molecule has 6 nitrogen and oxygen atoms in total. The van der Waals surface area contributed by atoms with E-state index in [2.05, 4.69) is 19.1 Å². The Hall–Kier alpha value is -2.00. The van der Waals surface area contributed by atoms with Crippen LogP contribution in [0.25, 0.3) is 6.08 Å². The lowest BCUT2D eigenvalue weighted by Crippen LogP contribution is -2.40. The summed E-state index contributed by atoms with van der Waals surface area (Å²) >= 11 is 1.75. The van der Waals surface area contributed by atoms with Crippen molar-refractivity contribution in [3.63, 3.8) is 0 Å². The molecule has 0 radical (unpaired) electrons. The maximum absolute atomic E-state index is 12.8. The van der Waals surface area contributed by atoms with Crippen LogP contribution in [0, 0.1) is 6.92 Å². The van der Waals surface area contributed by atoms with E-state index in [1.807, 2.05) is 4.90 Å². The first kappa shape index (κ1) is 21.2. The molecule has 1 aromatic heterocycles.